The SMILES string of the molecule is Cc1cccc(O[C@@H](Cc2cccc(Br)c2)C(=O)O)c1. The fraction of sp³-hybridized carbons (Fsp3) is 0.188. The molecule has 0 aliphatic heterocycles. The molecule has 0 unspecified atom stereocenters. The number of carboxylic acid groups (broad SMARTS) is 1. The Hall–Kier alpha value is -1.81. The maximum absolute atomic E-state index is 11.3. The predicted molar refractivity (Wildman–Crippen MR) is 81.1 cm³/mol. The molecule has 2 aromatic carbocycles. The number of hydrogen-bond acceptors (Lipinski definition) is 2. The van der Waals surface area contributed by atoms with Gasteiger partial charge in [0.15, 0.2) is 6.10 Å². The molecular weight excluding hydrogens is 320 g/mol. The lowest BCUT2D eigenvalue weighted by atomic mass is 10.1. The van der Waals surface area contributed by atoms with Crippen molar-refractivity contribution in [2.45, 2.75) is 19.4 Å². The first kappa shape index (κ1) is 14.6. The Bertz CT molecular complexity index is 563. The average Bonchev–Trinajstić information content (AvgIpc) is 2.38. The summed E-state index contributed by atoms with van der Waals surface area (Å²) >= 11 is 3.38. The molecule has 1 atom stereocenters. The van der Waals surface area contributed by atoms with E-state index in [2.05, 4.69) is 15.9 Å². The Balaban J connectivity index is 2.13. The minimum atomic E-state index is -0.966. The second-order valence-electron chi connectivity index (χ2n) is 4.60. The maximum Gasteiger partial charge on any atom is 0.345 e. The number of halogens is 1. The molecule has 4 heteroatoms. The van der Waals surface area contributed by atoms with E-state index in [1.807, 2.05) is 49.4 Å². The Morgan fingerprint density at radius 1 is 1.25 bits per heavy atom. The monoisotopic (exact) mass is 334 g/mol. The Kier molecular flexibility index (Phi) is 4.79. The van der Waals surface area contributed by atoms with Gasteiger partial charge < -0.3 is 9.84 Å². The van der Waals surface area contributed by atoms with Crippen LogP contribution in [0.5, 0.6) is 5.75 Å². The van der Waals surface area contributed by atoms with E-state index in [0.717, 1.165) is 15.6 Å². The first-order chi connectivity index (χ1) is 9.54. The maximum atomic E-state index is 11.3. The summed E-state index contributed by atoms with van der Waals surface area (Å²) in [6.45, 7) is 1.94. The van der Waals surface area contributed by atoms with Gasteiger partial charge in [-0.05, 0) is 42.3 Å². The number of aliphatic carboxylic acids is 1. The third kappa shape index (κ3) is 4.10. The second kappa shape index (κ2) is 6.57. The van der Waals surface area contributed by atoms with Gasteiger partial charge in [-0.1, -0.05) is 40.2 Å². The Morgan fingerprint density at radius 3 is 2.65 bits per heavy atom. The molecule has 0 amide bonds. The normalized spacial score (nSPS) is 11.9. The number of ether oxygens (including phenoxy) is 1. The molecule has 20 heavy (non-hydrogen) atoms. The van der Waals surface area contributed by atoms with Crippen LogP contribution in [0.4, 0.5) is 0 Å². The molecular formula is C16H15BrO3. The van der Waals surface area contributed by atoms with Gasteiger partial charge in [-0.15, -0.1) is 0 Å². The lowest BCUT2D eigenvalue weighted by Gasteiger charge is -2.15. The number of carbonyl (C=O) groups is 1. The van der Waals surface area contributed by atoms with E-state index in [0.29, 0.717) is 12.2 Å². The van der Waals surface area contributed by atoms with Crippen molar-refractivity contribution in [1.29, 1.82) is 0 Å². The Labute approximate surface area is 126 Å². The van der Waals surface area contributed by atoms with Crippen molar-refractivity contribution < 1.29 is 14.6 Å². The summed E-state index contributed by atoms with van der Waals surface area (Å²) < 4.78 is 6.51. The number of rotatable bonds is 5. The molecule has 2 rings (SSSR count). The zero-order valence-corrected chi connectivity index (χ0v) is 12.6. The smallest absolute Gasteiger partial charge is 0.345 e. The lowest BCUT2D eigenvalue weighted by Crippen LogP contribution is -2.29. The molecule has 0 radical (unpaired) electrons. The van der Waals surface area contributed by atoms with Crippen LogP contribution >= 0.6 is 15.9 Å². The van der Waals surface area contributed by atoms with Crippen molar-refractivity contribution in [3.63, 3.8) is 0 Å². The molecule has 104 valence electrons. The summed E-state index contributed by atoms with van der Waals surface area (Å²) in [6.07, 6.45) is -0.575. The van der Waals surface area contributed by atoms with Crippen molar-refractivity contribution in [2.24, 2.45) is 0 Å². The first-order valence-corrected chi connectivity index (χ1v) is 7.04. The topological polar surface area (TPSA) is 46.5 Å². The van der Waals surface area contributed by atoms with Gasteiger partial charge in [0.25, 0.3) is 0 Å². The molecule has 0 aliphatic rings. The van der Waals surface area contributed by atoms with Gasteiger partial charge >= 0.3 is 5.97 Å². The van der Waals surface area contributed by atoms with E-state index < -0.39 is 12.1 Å². The van der Waals surface area contributed by atoms with E-state index >= 15 is 0 Å². The summed E-state index contributed by atoms with van der Waals surface area (Å²) in [5.74, 6) is -0.390. The van der Waals surface area contributed by atoms with Crippen LogP contribution < -0.4 is 4.74 Å². The molecule has 0 fully saturated rings. The largest absolute Gasteiger partial charge is 0.478 e. The quantitative estimate of drug-likeness (QED) is 0.903. The van der Waals surface area contributed by atoms with Gasteiger partial charge in [0, 0.05) is 10.9 Å². The van der Waals surface area contributed by atoms with Crippen molar-refractivity contribution in [2.75, 3.05) is 0 Å². The van der Waals surface area contributed by atoms with Crippen LogP contribution in [0.15, 0.2) is 53.0 Å². The second-order valence-corrected chi connectivity index (χ2v) is 5.51. The highest BCUT2D eigenvalue weighted by molar-refractivity contribution is 9.10. The zero-order valence-electron chi connectivity index (χ0n) is 11.0. The molecule has 1 N–H and O–H groups in total. The highest BCUT2D eigenvalue weighted by Crippen LogP contribution is 2.18. The van der Waals surface area contributed by atoms with Crippen LogP contribution in [0.1, 0.15) is 11.1 Å². The summed E-state index contributed by atoms with van der Waals surface area (Å²) in [6, 6.07) is 15.0. The van der Waals surface area contributed by atoms with Gasteiger partial charge in [-0.2, -0.15) is 0 Å². The predicted octanol–water partition coefficient (Wildman–Crippen LogP) is 3.83. The van der Waals surface area contributed by atoms with Crippen molar-refractivity contribution in [3.8, 4) is 5.75 Å². The van der Waals surface area contributed by atoms with Gasteiger partial charge in [0.2, 0.25) is 0 Å². The van der Waals surface area contributed by atoms with Crippen molar-refractivity contribution in [3.05, 3.63) is 64.1 Å². The van der Waals surface area contributed by atoms with Crippen LogP contribution in [0.2, 0.25) is 0 Å². The number of aryl methyl sites for hydroxylation is 1. The van der Waals surface area contributed by atoms with Gasteiger partial charge in [0.1, 0.15) is 5.75 Å². The van der Waals surface area contributed by atoms with Crippen molar-refractivity contribution >= 4 is 21.9 Å². The van der Waals surface area contributed by atoms with Crippen LogP contribution in [0, 0.1) is 6.92 Å². The summed E-state index contributed by atoms with van der Waals surface area (Å²) in [5.41, 5.74) is 1.95. The molecule has 0 aliphatic carbocycles. The highest BCUT2D eigenvalue weighted by atomic mass is 79.9. The van der Waals surface area contributed by atoms with E-state index in [-0.39, 0.29) is 0 Å². The fourth-order valence-electron chi connectivity index (χ4n) is 1.91. The van der Waals surface area contributed by atoms with E-state index in [1.165, 1.54) is 0 Å². The van der Waals surface area contributed by atoms with Crippen LogP contribution in [-0.2, 0) is 11.2 Å². The first-order valence-electron chi connectivity index (χ1n) is 6.25. The average molecular weight is 335 g/mol. The molecule has 0 saturated heterocycles. The summed E-state index contributed by atoms with van der Waals surface area (Å²) in [4.78, 5) is 11.3. The lowest BCUT2D eigenvalue weighted by molar-refractivity contribution is -0.145. The van der Waals surface area contributed by atoms with Crippen LogP contribution in [0.3, 0.4) is 0 Å². The standard InChI is InChI=1S/C16H15BrO3/c1-11-4-2-7-14(8-11)20-15(16(18)19)10-12-5-3-6-13(17)9-12/h2-9,15H,10H2,1H3,(H,18,19)/t15-/m0/s1. The number of carboxylic acids is 1. The van der Waals surface area contributed by atoms with E-state index in [1.54, 1.807) is 6.07 Å². The molecule has 2 aromatic rings. The Morgan fingerprint density at radius 2 is 2.00 bits per heavy atom. The molecule has 0 bridgehead atoms. The molecule has 0 heterocycles. The van der Waals surface area contributed by atoms with Gasteiger partial charge in [-0.3, -0.25) is 0 Å². The molecule has 0 saturated carbocycles. The van der Waals surface area contributed by atoms with Gasteiger partial charge in [0.05, 0.1) is 0 Å². The highest BCUT2D eigenvalue weighted by Gasteiger charge is 2.20. The van der Waals surface area contributed by atoms with Crippen molar-refractivity contribution in [1.82, 2.24) is 0 Å². The number of benzene rings is 2. The third-order valence-electron chi connectivity index (χ3n) is 2.85. The minimum absolute atomic E-state index is 0.322. The van der Waals surface area contributed by atoms with Crippen LogP contribution in [-0.4, -0.2) is 17.2 Å². The summed E-state index contributed by atoms with van der Waals surface area (Å²) in [7, 11) is 0. The van der Waals surface area contributed by atoms with Crippen LogP contribution in [0.25, 0.3) is 0 Å². The summed E-state index contributed by atoms with van der Waals surface area (Å²) in [5, 5.41) is 9.30. The minimum Gasteiger partial charge on any atom is -0.478 e. The van der Waals surface area contributed by atoms with E-state index in [4.69, 9.17) is 4.74 Å². The number of hydrogen-bond donors (Lipinski definition) is 1. The van der Waals surface area contributed by atoms with Gasteiger partial charge in [-0.25, -0.2) is 4.79 Å². The zero-order chi connectivity index (χ0) is 14.5. The molecule has 3 nitrogen and oxygen atoms in total. The fourth-order valence-corrected chi connectivity index (χ4v) is 2.36. The molecule has 0 aromatic heterocycles. The van der Waals surface area contributed by atoms with E-state index in [9.17, 15) is 9.90 Å². The molecule has 0 spiro atoms. The third-order valence-corrected chi connectivity index (χ3v) is 3.35.